The fraction of sp³-hybridized carbons (Fsp3) is 0.625. The molecule has 0 amide bonds. The highest BCUT2D eigenvalue weighted by molar-refractivity contribution is 7.85. The van der Waals surface area contributed by atoms with Gasteiger partial charge >= 0.3 is 0 Å². The van der Waals surface area contributed by atoms with Crippen LogP contribution in [0.15, 0.2) is 29.2 Å². The average Bonchev–Trinajstić information content (AvgIpc) is 2.42. The second-order valence-corrected chi connectivity index (χ2v) is 7.56. The summed E-state index contributed by atoms with van der Waals surface area (Å²) in [5.74, 6) is 0. The van der Waals surface area contributed by atoms with E-state index in [2.05, 4.69) is 12.2 Å². The van der Waals surface area contributed by atoms with E-state index >= 15 is 0 Å². The number of benzene rings is 1. The normalized spacial score (nSPS) is 25.7. The van der Waals surface area contributed by atoms with Gasteiger partial charge in [-0.25, -0.2) is 0 Å². The lowest BCUT2D eigenvalue weighted by molar-refractivity contribution is 0.400. The molecule has 0 aliphatic heterocycles. The Labute approximate surface area is 129 Å². The highest BCUT2D eigenvalue weighted by Crippen LogP contribution is 2.26. The van der Waals surface area contributed by atoms with Crippen molar-refractivity contribution in [1.82, 2.24) is 5.32 Å². The average molecular weight is 314 g/mol. The first-order valence-corrected chi connectivity index (χ1v) is 9.21. The third-order valence-electron chi connectivity index (χ3n) is 3.97. The summed E-state index contributed by atoms with van der Waals surface area (Å²) in [6.45, 7) is 3.06. The van der Waals surface area contributed by atoms with E-state index < -0.39 is 10.8 Å². The van der Waals surface area contributed by atoms with Gasteiger partial charge in [0.05, 0.1) is 16.0 Å². The van der Waals surface area contributed by atoms with Crippen LogP contribution in [0, 0.1) is 0 Å². The van der Waals surface area contributed by atoms with Crippen LogP contribution in [0.25, 0.3) is 0 Å². The Hall–Kier alpha value is -0.380. The lowest BCUT2D eigenvalue weighted by atomic mass is 9.96. The zero-order valence-corrected chi connectivity index (χ0v) is 13.7. The quantitative estimate of drug-likeness (QED) is 0.904. The van der Waals surface area contributed by atoms with Crippen molar-refractivity contribution in [2.75, 3.05) is 6.54 Å². The summed E-state index contributed by atoms with van der Waals surface area (Å²) in [6, 6.07) is 7.87. The van der Waals surface area contributed by atoms with Gasteiger partial charge in [0.15, 0.2) is 0 Å². The van der Waals surface area contributed by atoms with Crippen molar-refractivity contribution >= 4 is 22.4 Å². The summed E-state index contributed by atoms with van der Waals surface area (Å²) >= 11 is 6.03. The Morgan fingerprint density at radius 1 is 1.25 bits per heavy atom. The van der Waals surface area contributed by atoms with Crippen LogP contribution in [0.4, 0.5) is 0 Å². The van der Waals surface area contributed by atoms with E-state index in [0.29, 0.717) is 11.1 Å². The maximum absolute atomic E-state index is 12.9. The SMILES string of the molecule is CCNC1CCCCCCC1S(=O)c1cccc(Cl)c1. The van der Waals surface area contributed by atoms with E-state index in [1.807, 2.05) is 24.3 Å². The van der Waals surface area contributed by atoms with Gasteiger partial charge in [0, 0.05) is 16.0 Å². The molecule has 1 fully saturated rings. The van der Waals surface area contributed by atoms with Crippen molar-refractivity contribution < 1.29 is 4.21 Å². The van der Waals surface area contributed by atoms with Crippen LogP contribution in [-0.4, -0.2) is 22.0 Å². The Morgan fingerprint density at radius 3 is 2.70 bits per heavy atom. The summed E-state index contributed by atoms with van der Waals surface area (Å²) in [5, 5.41) is 4.41. The third kappa shape index (κ3) is 4.31. The molecule has 112 valence electrons. The van der Waals surface area contributed by atoms with E-state index in [0.717, 1.165) is 24.3 Å². The van der Waals surface area contributed by atoms with Crippen molar-refractivity contribution in [3.63, 3.8) is 0 Å². The topological polar surface area (TPSA) is 29.1 Å². The molecule has 1 aliphatic rings. The number of nitrogens with one attached hydrogen (secondary N) is 1. The Balaban J connectivity index is 2.17. The molecule has 0 spiro atoms. The molecule has 2 nitrogen and oxygen atoms in total. The number of hydrogen-bond acceptors (Lipinski definition) is 2. The van der Waals surface area contributed by atoms with Gasteiger partial charge in [-0.3, -0.25) is 4.21 Å². The van der Waals surface area contributed by atoms with Gasteiger partial charge in [0.2, 0.25) is 0 Å². The van der Waals surface area contributed by atoms with E-state index in [1.54, 1.807) is 0 Å². The fourth-order valence-electron chi connectivity index (χ4n) is 2.97. The second-order valence-electron chi connectivity index (χ2n) is 5.45. The van der Waals surface area contributed by atoms with E-state index in [-0.39, 0.29) is 5.25 Å². The Bertz CT molecular complexity index is 452. The third-order valence-corrected chi connectivity index (χ3v) is 6.04. The smallest absolute Gasteiger partial charge is 0.0577 e. The van der Waals surface area contributed by atoms with Crippen LogP contribution >= 0.6 is 11.6 Å². The van der Waals surface area contributed by atoms with E-state index in [4.69, 9.17) is 11.6 Å². The van der Waals surface area contributed by atoms with E-state index in [9.17, 15) is 4.21 Å². The molecule has 1 N–H and O–H groups in total. The van der Waals surface area contributed by atoms with Crippen molar-refractivity contribution in [2.24, 2.45) is 0 Å². The first kappa shape index (κ1) is 16.0. The molecule has 3 atom stereocenters. The van der Waals surface area contributed by atoms with Crippen LogP contribution in [0.2, 0.25) is 5.02 Å². The molecule has 0 heterocycles. The van der Waals surface area contributed by atoms with Crippen LogP contribution in [0.5, 0.6) is 0 Å². The molecule has 0 radical (unpaired) electrons. The van der Waals surface area contributed by atoms with Gasteiger partial charge in [-0.2, -0.15) is 0 Å². The number of rotatable bonds is 4. The standard InChI is InChI=1S/C16H24ClNOS/c1-2-18-15-10-5-3-4-6-11-16(15)20(19)14-9-7-8-13(17)12-14/h7-9,12,15-16,18H,2-6,10-11H2,1H3. The van der Waals surface area contributed by atoms with Crippen LogP contribution < -0.4 is 5.32 Å². The molecule has 2 rings (SSSR count). The minimum absolute atomic E-state index is 0.203. The highest BCUT2D eigenvalue weighted by Gasteiger charge is 2.28. The monoisotopic (exact) mass is 313 g/mol. The zero-order chi connectivity index (χ0) is 14.4. The first-order valence-electron chi connectivity index (χ1n) is 7.62. The van der Waals surface area contributed by atoms with Gasteiger partial charge in [-0.15, -0.1) is 0 Å². The molecule has 1 aliphatic carbocycles. The molecule has 20 heavy (non-hydrogen) atoms. The van der Waals surface area contributed by atoms with Crippen LogP contribution in [-0.2, 0) is 10.8 Å². The molecule has 0 aromatic heterocycles. The van der Waals surface area contributed by atoms with Gasteiger partial charge in [-0.1, -0.05) is 50.3 Å². The molecular weight excluding hydrogens is 290 g/mol. The molecule has 1 aromatic carbocycles. The fourth-order valence-corrected chi connectivity index (χ4v) is 4.94. The second kappa shape index (κ2) is 8.16. The summed E-state index contributed by atoms with van der Waals surface area (Å²) in [7, 11) is -0.977. The predicted octanol–water partition coefficient (Wildman–Crippen LogP) is 4.15. The molecule has 1 aromatic rings. The lowest BCUT2D eigenvalue weighted by Crippen LogP contribution is -2.42. The summed E-state index contributed by atoms with van der Waals surface area (Å²) in [5.41, 5.74) is 0. The van der Waals surface area contributed by atoms with Gasteiger partial charge < -0.3 is 5.32 Å². The van der Waals surface area contributed by atoms with E-state index in [1.165, 1.54) is 25.7 Å². The maximum atomic E-state index is 12.9. The summed E-state index contributed by atoms with van der Waals surface area (Å²) in [6.07, 6.45) is 7.15. The minimum atomic E-state index is -0.977. The molecule has 0 bridgehead atoms. The number of halogens is 1. The minimum Gasteiger partial charge on any atom is -0.313 e. The molecule has 4 heteroatoms. The number of hydrogen-bond donors (Lipinski definition) is 1. The maximum Gasteiger partial charge on any atom is 0.0577 e. The van der Waals surface area contributed by atoms with Crippen molar-refractivity contribution in [3.8, 4) is 0 Å². The van der Waals surface area contributed by atoms with Gasteiger partial charge in [0.1, 0.15) is 0 Å². The lowest BCUT2D eigenvalue weighted by Gasteiger charge is -2.29. The van der Waals surface area contributed by atoms with Crippen molar-refractivity contribution in [1.29, 1.82) is 0 Å². The van der Waals surface area contributed by atoms with Crippen molar-refractivity contribution in [3.05, 3.63) is 29.3 Å². The summed E-state index contributed by atoms with van der Waals surface area (Å²) in [4.78, 5) is 0.867. The Morgan fingerprint density at radius 2 is 2.00 bits per heavy atom. The highest BCUT2D eigenvalue weighted by atomic mass is 35.5. The largest absolute Gasteiger partial charge is 0.313 e. The Kier molecular flexibility index (Phi) is 6.53. The summed E-state index contributed by atoms with van der Waals surface area (Å²) < 4.78 is 12.9. The first-order chi connectivity index (χ1) is 9.72. The molecule has 1 saturated carbocycles. The zero-order valence-electron chi connectivity index (χ0n) is 12.1. The van der Waals surface area contributed by atoms with Gasteiger partial charge in [-0.05, 0) is 37.6 Å². The van der Waals surface area contributed by atoms with Crippen LogP contribution in [0.1, 0.15) is 45.4 Å². The predicted molar refractivity (Wildman–Crippen MR) is 86.8 cm³/mol. The van der Waals surface area contributed by atoms with Crippen molar-refractivity contribution in [2.45, 2.75) is 61.6 Å². The molecule has 0 saturated heterocycles. The van der Waals surface area contributed by atoms with Gasteiger partial charge in [0.25, 0.3) is 0 Å². The van der Waals surface area contributed by atoms with Crippen LogP contribution in [0.3, 0.4) is 0 Å². The molecule has 3 unspecified atom stereocenters. The molecular formula is C16H24ClNOS.